The van der Waals surface area contributed by atoms with Crippen molar-refractivity contribution in [3.05, 3.63) is 24.3 Å². The van der Waals surface area contributed by atoms with E-state index in [1.54, 1.807) is 12.1 Å². The summed E-state index contributed by atoms with van der Waals surface area (Å²) in [7, 11) is 2.10. The molecular weight excluding hydrogens is 306 g/mol. The molecule has 0 aliphatic carbocycles. The van der Waals surface area contributed by atoms with Crippen LogP contribution in [0.15, 0.2) is 24.3 Å². The van der Waals surface area contributed by atoms with E-state index >= 15 is 0 Å². The molecule has 1 aliphatic rings. The average molecular weight is 333 g/mol. The molecule has 6 heteroatoms. The fraction of sp³-hybridized carbons (Fsp3) is 0.556. The summed E-state index contributed by atoms with van der Waals surface area (Å²) in [6.07, 6.45) is 3.29. The number of benzene rings is 1. The van der Waals surface area contributed by atoms with Gasteiger partial charge in [0.1, 0.15) is 12.3 Å². The predicted molar refractivity (Wildman–Crippen MR) is 94.3 cm³/mol. The molecule has 24 heavy (non-hydrogen) atoms. The summed E-state index contributed by atoms with van der Waals surface area (Å²) in [6, 6.07) is 7.28. The zero-order chi connectivity index (χ0) is 17.4. The molecule has 1 aromatic rings. The Labute approximate surface area is 143 Å². The lowest BCUT2D eigenvalue weighted by atomic mass is 10.2. The van der Waals surface area contributed by atoms with Gasteiger partial charge in [-0.1, -0.05) is 25.5 Å². The van der Waals surface area contributed by atoms with Gasteiger partial charge >= 0.3 is 0 Å². The number of nitrogens with one attached hydrogen (secondary N) is 1. The van der Waals surface area contributed by atoms with Crippen molar-refractivity contribution in [1.82, 2.24) is 10.2 Å². The lowest BCUT2D eigenvalue weighted by molar-refractivity contribution is -0.125. The number of para-hydroxylation sites is 2. The first-order valence-electron chi connectivity index (χ1n) is 8.59. The Balaban J connectivity index is 1.75. The van der Waals surface area contributed by atoms with Crippen LogP contribution in [0.2, 0.25) is 0 Å². The van der Waals surface area contributed by atoms with Crippen molar-refractivity contribution in [2.75, 3.05) is 44.7 Å². The Morgan fingerprint density at radius 3 is 2.83 bits per heavy atom. The molecule has 1 heterocycles. The number of amides is 2. The normalized spacial score (nSPS) is 13.6. The highest BCUT2D eigenvalue weighted by molar-refractivity contribution is 6.02. The van der Waals surface area contributed by atoms with Crippen molar-refractivity contribution in [2.45, 2.75) is 26.2 Å². The SMILES string of the molecule is CCCCN(C)CCCNC(=O)CN1C(=O)COc2ccccc21. The first kappa shape index (κ1) is 18.3. The monoisotopic (exact) mass is 333 g/mol. The van der Waals surface area contributed by atoms with Crippen LogP contribution in [-0.4, -0.2) is 56.5 Å². The molecular formula is C18H27N3O3. The van der Waals surface area contributed by atoms with Crippen LogP contribution in [0.25, 0.3) is 0 Å². The van der Waals surface area contributed by atoms with E-state index in [9.17, 15) is 9.59 Å². The Morgan fingerprint density at radius 2 is 2.04 bits per heavy atom. The highest BCUT2D eigenvalue weighted by Crippen LogP contribution is 2.31. The van der Waals surface area contributed by atoms with Gasteiger partial charge < -0.3 is 15.0 Å². The third kappa shape index (κ3) is 5.23. The van der Waals surface area contributed by atoms with E-state index < -0.39 is 0 Å². The van der Waals surface area contributed by atoms with Crippen LogP contribution in [0.3, 0.4) is 0 Å². The van der Waals surface area contributed by atoms with Gasteiger partial charge in [-0.05, 0) is 45.1 Å². The molecule has 0 spiro atoms. The summed E-state index contributed by atoms with van der Waals surface area (Å²) >= 11 is 0. The molecule has 0 aromatic heterocycles. The highest BCUT2D eigenvalue weighted by atomic mass is 16.5. The minimum Gasteiger partial charge on any atom is -0.482 e. The first-order chi connectivity index (χ1) is 11.6. The van der Waals surface area contributed by atoms with E-state index in [1.165, 1.54) is 17.7 Å². The number of carbonyl (C=O) groups excluding carboxylic acids is 2. The topological polar surface area (TPSA) is 61.9 Å². The van der Waals surface area contributed by atoms with Crippen LogP contribution >= 0.6 is 0 Å². The number of hydrogen-bond acceptors (Lipinski definition) is 4. The molecule has 1 aromatic carbocycles. The standard InChI is InChI=1S/C18H27N3O3/c1-3-4-11-20(2)12-7-10-19-17(22)13-21-15-8-5-6-9-16(15)24-14-18(21)23/h5-6,8-9H,3-4,7,10-14H2,1-2H3,(H,19,22). The summed E-state index contributed by atoms with van der Waals surface area (Å²) in [5.74, 6) is 0.307. The number of ether oxygens (including phenoxy) is 1. The number of unbranched alkanes of at least 4 members (excludes halogenated alkanes) is 1. The predicted octanol–water partition coefficient (Wildman–Crippen LogP) is 1.65. The van der Waals surface area contributed by atoms with Crippen LogP contribution in [-0.2, 0) is 9.59 Å². The van der Waals surface area contributed by atoms with Crippen LogP contribution in [0, 0.1) is 0 Å². The average Bonchev–Trinajstić information content (AvgIpc) is 2.59. The lowest BCUT2D eigenvalue weighted by Crippen LogP contribution is -2.45. The second-order valence-corrected chi connectivity index (χ2v) is 6.10. The fourth-order valence-corrected chi connectivity index (χ4v) is 2.64. The molecule has 0 saturated carbocycles. The number of rotatable bonds is 9. The number of carbonyl (C=O) groups is 2. The van der Waals surface area contributed by atoms with Crippen molar-refractivity contribution >= 4 is 17.5 Å². The van der Waals surface area contributed by atoms with E-state index in [0.717, 1.165) is 19.5 Å². The molecule has 0 radical (unpaired) electrons. The van der Waals surface area contributed by atoms with Crippen LogP contribution < -0.4 is 15.0 Å². The van der Waals surface area contributed by atoms with Gasteiger partial charge in [-0.3, -0.25) is 14.5 Å². The largest absolute Gasteiger partial charge is 0.482 e. The lowest BCUT2D eigenvalue weighted by Gasteiger charge is -2.28. The molecule has 0 atom stereocenters. The van der Waals surface area contributed by atoms with Gasteiger partial charge in [0.2, 0.25) is 5.91 Å². The first-order valence-corrected chi connectivity index (χ1v) is 8.59. The third-order valence-electron chi connectivity index (χ3n) is 4.04. The molecule has 1 N–H and O–H groups in total. The smallest absolute Gasteiger partial charge is 0.265 e. The molecule has 1 aliphatic heterocycles. The summed E-state index contributed by atoms with van der Waals surface area (Å²) in [5, 5.41) is 2.89. The second-order valence-electron chi connectivity index (χ2n) is 6.10. The van der Waals surface area contributed by atoms with E-state index in [-0.39, 0.29) is 25.0 Å². The van der Waals surface area contributed by atoms with Crippen molar-refractivity contribution in [1.29, 1.82) is 0 Å². The van der Waals surface area contributed by atoms with E-state index in [0.29, 0.717) is 18.0 Å². The molecule has 6 nitrogen and oxygen atoms in total. The molecule has 2 rings (SSSR count). The summed E-state index contributed by atoms with van der Waals surface area (Å²) in [6.45, 7) is 4.86. The maximum Gasteiger partial charge on any atom is 0.265 e. The van der Waals surface area contributed by atoms with Gasteiger partial charge in [-0.25, -0.2) is 0 Å². The molecule has 0 unspecified atom stereocenters. The number of fused-ring (bicyclic) bond motifs is 1. The minimum atomic E-state index is -0.192. The van der Waals surface area contributed by atoms with Crippen molar-refractivity contribution in [3.63, 3.8) is 0 Å². The zero-order valence-corrected chi connectivity index (χ0v) is 14.6. The zero-order valence-electron chi connectivity index (χ0n) is 14.6. The van der Waals surface area contributed by atoms with Crippen LogP contribution in [0.4, 0.5) is 5.69 Å². The van der Waals surface area contributed by atoms with Gasteiger partial charge in [0, 0.05) is 6.54 Å². The van der Waals surface area contributed by atoms with Gasteiger partial charge in [0.05, 0.1) is 5.69 Å². The Morgan fingerprint density at radius 1 is 1.29 bits per heavy atom. The molecule has 132 valence electrons. The molecule has 0 saturated heterocycles. The number of nitrogens with zero attached hydrogens (tertiary/aromatic N) is 2. The van der Waals surface area contributed by atoms with Gasteiger partial charge in [-0.15, -0.1) is 0 Å². The Hall–Kier alpha value is -2.08. The maximum absolute atomic E-state index is 12.1. The van der Waals surface area contributed by atoms with Crippen LogP contribution in [0.5, 0.6) is 5.75 Å². The fourth-order valence-electron chi connectivity index (χ4n) is 2.64. The van der Waals surface area contributed by atoms with E-state index in [4.69, 9.17) is 4.74 Å². The van der Waals surface area contributed by atoms with E-state index in [2.05, 4.69) is 24.2 Å². The van der Waals surface area contributed by atoms with Crippen molar-refractivity contribution in [2.24, 2.45) is 0 Å². The summed E-state index contributed by atoms with van der Waals surface area (Å²) in [4.78, 5) is 27.9. The molecule has 2 amide bonds. The highest BCUT2D eigenvalue weighted by Gasteiger charge is 2.26. The molecule has 0 fully saturated rings. The van der Waals surface area contributed by atoms with Crippen molar-refractivity contribution < 1.29 is 14.3 Å². The van der Waals surface area contributed by atoms with Gasteiger partial charge in [0.25, 0.3) is 5.91 Å². The summed E-state index contributed by atoms with van der Waals surface area (Å²) in [5.41, 5.74) is 0.656. The van der Waals surface area contributed by atoms with Gasteiger partial charge in [0.15, 0.2) is 6.61 Å². The Kier molecular flexibility index (Phi) is 7.06. The third-order valence-corrected chi connectivity index (χ3v) is 4.04. The quantitative estimate of drug-likeness (QED) is 0.698. The Bertz CT molecular complexity index is 562. The summed E-state index contributed by atoms with van der Waals surface area (Å²) < 4.78 is 5.38. The number of hydrogen-bond donors (Lipinski definition) is 1. The van der Waals surface area contributed by atoms with Gasteiger partial charge in [-0.2, -0.15) is 0 Å². The van der Waals surface area contributed by atoms with Crippen molar-refractivity contribution in [3.8, 4) is 5.75 Å². The maximum atomic E-state index is 12.1. The number of anilines is 1. The minimum absolute atomic E-state index is 0.0213. The second kappa shape index (κ2) is 9.27. The molecule has 0 bridgehead atoms. The van der Waals surface area contributed by atoms with E-state index in [1.807, 2.05) is 12.1 Å². The van der Waals surface area contributed by atoms with Crippen LogP contribution in [0.1, 0.15) is 26.2 Å².